The van der Waals surface area contributed by atoms with Crippen LogP contribution in [0.25, 0.3) is 0 Å². The second-order valence-corrected chi connectivity index (χ2v) is 6.41. The van der Waals surface area contributed by atoms with Crippen molar-refractivity contribution in [2.24, 2.45) is 5.41 Å². The minimum atomic E-state index is -0.304. The fraction of sp³-hybridized carbons (Fsp3) is 0.941. The van der Waals surface area contributed by atoms with Crippen molar-refractivity contribution in [3.63, 3.8) is 0 Å². The van der Waals surface area contributed by atoms with Gasteiger partial charge in [-0.3, -0.25) is 5.32 Å². The number of rotatable bonds is 9. The van der Waals surface area contributed by atoms with Gasteiger partial charge in [0.05, 0.1) is 6.07 Å². The van der Waals surface area contributed by atoms with Gasteiger partial charge in [0, 0.05) is 6.54 Å². The largest absolute Gasteiger partial charge is 0.303 e. The zero-order valence-electron chi connectivity index (χ0n) is 14.0. The van der Waals surface area contributed by atoms with Crippen molar-refractivity contribution < 1.29 is 0 Å². The summed E-state index contributed by atoms with van der Waals surface area (Å²) < 4.78 is 0. The van der Waals surface area contributed by atoms with Gasteiger partial charge in [-0.1, -0.05) is 27.7 Å². The normalized spacial score (nSPS) is 21.6. The maximum Gasteiger partial charge on any atom is 0.106 e. The van der Waals surface area contributed by atoms with Crippen LogP contribution in [-0.4, -0.2) is 36.6 Å². The maximum atomic E-state index is 9.43. The molecule has 1 aliphatic heterocycles. The van der Waals surface area contributed by atoms with Crippen molar-refractivity contribution in [2.45, 2.75) is 71.8 Å². The Bertz CT molecular complexity index is 317. The van der Waals surface area contributed by atoms with Crippen LogP contribution in [0.2, 0.25) is 0 Å². The molecule has 0 radical (unpaired) electrons. The number of nitrogens with zero attached hydrogens (tertiary/aromatic N) is 2. The molecule has 1 heterocycles. The predicted octanol–water partition coefficient (Wildman–Crippen LogP) is 3.56. The number of nitriles is 1. The molecule has 0 amide bonds. The van der Waals surface area contributed by atoms with E-state index in [1.165, 1.54) is 32.4 Å². The molecule has 116 valence electrons. The van der Waals surface area contributed by atoms with Crippen molar-refractivity contribution in [3.05, 3.63) is 0 Å². The number of nitrogens with one attached hydrogen (secondary N) is 1. The van der Waals surface area contributed by atoms with E-state index in [2.05, 4.69) is 44.0 Å². The molecule has 1 atom stereocenters. The molecule has 0 aromatic rings. The first-order chi connectivity index (χ1) is 9.59. The van der Waals surface area contributed by atoms with Crippen LogP contribution in [0.5, 0.6) is 0 Å². The third kappa shape index (κ3) is 4.20. The van der Waals surface area contributed by atoms with E-state index in [0.717, 1.165) is 32.4 Å². The number of hydrogen-bond donors (Lipinski definition) is 1. The van der Waals surface area contributed by atoms with Crippen molar-refractivity contribution in [1.82, 2.24) is 10.2 Å². The van der Waals surface area contributed by atoms with Crippen LogP contribution in [0.4, 0.5) is 0 Å². The molecule has 3 heteroatoms. The van der Waals surface area contributed by atoms with Crippen LogP contribution in [0.15, 0.2) is 0 Å². The molecule has 0 saturated carbocycles. The SMILES string of the molecule is CCNC(C#N)(CC)CCCN1CCC(CC)(CC)C1. The minimum absolute atomic E-state index is 0.304. The molecule has 0 spiro atoms. The molecule has 3 nitrogen and oxygen atoms in total. The lowest BCUT2D eigenvalue weighted by Crippen LogP contribution is -2.43. The summed E-state index contributed by atoms with van der Waals surface area (Å²) in [6.45, 7) is 13.4. The van der Waals surface area contributed by atoms with Crippen LogP contribution in [0, 0.1) is 16.7 Å². The van der Waals surface area contributed by atoms with E-state index in [1.807, 2.05) is 0 Å². The second kappa shape index (κ2) is 8.00. The first-order valence-corrected chi connectivity index (χ1v) is 8.48. The van der Waals surface area contributed by atoms with E-state index >= 15 is 0 Å². The molecule has 0 aliphatic carbocycles. The second-order valence-electron chi connectivity index (χ2n) is 6.41. The Kier molecular flexibility index (Phi) is 6.99. The lowest BCUT2D eigenvalue weighted by Gasteiger charge is -2.28. The average Bonchev–Trinajstić information content (AvgIpc) is 2.90. The van der Waals surface area contributed by atoms with Gasteiger partial charge in [-0.2, -0.15) is 5.26 Å². The van der Waals surface area contributed by atoms with E-state index in [0.29, 0.717) is 5.41 Å². The summed E-state index contributed by atoms with van der Waals surface area (Å²) in [5.74, 6) is 0. The summed E-state index contributed by atoms with van der Waals surface area (Å²) in [6, 6.07) is 2.50. The van der Waals surface area contributed by atoms with E-state index in [4.69, 9.17) is 0 Å². The van der Waals surface area contributed by atoms with Crippen LogP contribution < -0.4 is 5.32 Å². The molecule has 1 saturated heterocycles. The van der Waals surface area contributed by atoms with Gasteiger partial charge in [0.25, 0.3) is 0 Å². The van der Waals surface area contributed by atoms with Gasteiger partial charge in [0.2, 0.25) is 0 Å². The lowest BCUT2D eigenvalue weighted by atomic mass is 9.82. The first-order valence-electron chi connectivity index (χ1n) is 8.48. The van der Waals surface area contributed by atoms with Crippen LogP contribution in [0.3, 0.4) is 0 Å². The van der Waals surface area contributed by atoms with E-state index in [-0.39, 0.29) is 5.54 Å². The highest BCUT2D eigenvalue weighted by Gasteiger charge is 2.35. The molecule has 1 fully saturated rings. The predicted molar refractivity (Wildman–Crippen MR) is 85.6 cm³/mol. The Morgan fingerprint density at radius 1 is 1.25 bits per heavy atom. The van der Waals surface area contributed by atoms with Gasteiger partial charge in [0.1, 0.15) is 5.54 Å². The number of hydrogen-bond acceptors (Lipinski definition) is 3. The van der Waals surface area contributed by atoms with E-state index < -0.39 is 0 Å². The minimum Gasteiger partial charge on any atom is -0.303 e. The zero-order chi connectivity index (χ0) is 15.1. The summed E-state index contributed by atoms with van der Waals surface area (Å²) in [7, 11) is 0. The zero-order valence-corrected chi connectivity index (χ0v) is 14.0. The summed E-state index contributed by atoms with van der Waals surface area (Å²) in [5, 5.41) is 12.8. The first kappa shape index (κ1) is 17.5. The van der Waals surface area contributed by atoms with Gasteiger partial charge in [-0.05, 0) is 63.6 Å². The smallest absolute Gasteiger partial charge is 0.106 e. The van der Waals surface area contributed by atoms with Gasteiger partial charge in [-0.25, -0.2) is 0 Å². The molecular formula is C17H33N3. The summed E-state index contributed by atoms with van der Waals surface area (Å²) >= 11 is 0. The third-order valence-corrected chi connectivity index (χ3v) is 5.43. The molecule has 1 N–H and O–H groups in total. The Balaban J connectivity index is 2.40. The topological polar surface area (TPSA) is 39.1 Å². The Morgan fingerprint density at radius 2 is 1.95 bits per heavy atom. The van der Waals surface area contributed by atoms with Crippen LogP contribution in [-0.2, 0) is 0 Å². The van der Waals surface area contributed by atoms with Crippen molar-refractivity contribution >= 4 is 0 Å². The fourth-order valence-corrected chi connectivity index (χ4v) is 3.55. The summed E-state index contributed by atoms with van der Waals surface area (Å²) in [5.41, 5.74) is 0.264. The van der Waals surface area contributed by atoms with E-state index in [9.17, 15) is 5.26 Å². The van der Waals surface area contributed by atoms with E-state index in [1.54, 1.807) is 0 Å². The molecule has 20 heavy (non-hydrogen) atoms. The highest BCUT2D eigenvalue weighted by atomic mass is 15.2. The van der Waals surface area contributed by atoms with Crippen molar-refractivity contribution in [2.75, 3.05) is 26.2 Å². The quantitative estimate of drug-likeness (QED) is 0.701. The fourth-order valence-electron chi connectivity index (χ4n) is 3.55. The Morgan fingerprint density at radius 3 is 2.40 bits per heavy atom. The highest BCUT2D eigenvalue weighted by molar-refractivity contribution is 5.06. The van der Waals surface area contributed by atoms with Gasteiger partial charge in [-0.15, -0.1) is 0 Å². The van der Waals surface area contributed by atoms with Crippen molar-refractivity contribution in [1.29, 1.82) is 5.26 Å². The average molecular weight is 279 g/mol. The van der Waals surface area contributed by atoms with Crippen molar-refractivity contribution in [3.8, 4) is 6.07 Å². The Labute approximate surface area is 125 Å². The Hall–Kier alpha value is -0.590. The molecule has 1 unspecified atom stereocenters. The summed E-state index contributed by atoms with van der Waals surface area (Å²) in [4.78, 5) is 2.61. The molecule has 1 aliphatic rings. The molecular weight excluding hydrogens is 246 g/mol. The third-order valence-electron chi connectivity index (χ3n) is 5.43. The van der Waals surface area contributed by atoms with Crippen LogP contribution in [0.1, 0.15) is 66.2 Å². The maximum absolute atomic E-state index is 9.43. The lowest BCUT2D eigenvalue weighted by molar-refractivity contribution is 0.232. The van der Waals surface area contributed by atoms with Gasteiger partial charge in [0.15, 0.2) is 0 Å². The molecule has 0 bridgehead atoms. The number of likely N-dealkylation sites (tertiary alicyclic amines) is 1. The molecule has 0 aromatic carbocycles. The van der Waals surface area contributed by atoms with Gasteiger partial charge < -0.3 is 4.90 Å². The monoisotopic (exact) mass is 279 g/mol. The standard InChI is InChI=1S/C17H33N3/c1-5-16(6-2)11-13-20(15-16)12-9-10-17(7-3,14-18)19-8-4/h19H,5-13,15H2,1-4H3. The van der Waals surface area contributed by atoms with Gasteiger partial charge >= 0.3 is 0 Å². The van der Waals surface area contributed by atoms with Crippen LogP contribution >= 0.6 is 0 Å². The molecule has 1 rings (SSSR count). The summed E-state index contributed by atoms with van der Waals surface area (Å²) in [6.07, 6.45) is 6.94. The molecule has 0 aromatic heterocycles. The highest BCUT2D eigenvalue weighted by Crippen LogP contribution is 2.37.